The number of carbonyl (C=O) groups excluding carboxylic acids is 1. The number of thioether (sulfide) groups is 1. The number of carbonyl (C=O) groups is 1. The van der Waals surface area contributed by atoms with Gasteiger partial charge in [-0.1, -0.05) is 83.0 Å². The normalized spacial score (nSPS) is 13.0. The van der Waals surface area contributed by atoms with Gasteiger partial charge in [0.25, 0.3) is 0 Å². The van der Waals surface area contributed by atoms with Crippen LogP contribution in [0.2, 0.25) is 0 Å². The highest BCUT2D eigenvalue weighted by molar-refractivity contribution is 8.00. The number of benzene rings is 1. The van der Waals surface area contributed by atoms with Gasteiger partial charge in [0.15, 0.2) is 0 Å². The van der Waals surface area contributed by atoms with Crippen molar-refractivity contribution in [3.8, 4) is 0 Å². The summed E-state index contributed by atoms with van der Waals surface area (Å²) in [6.45, 7) is 0. The number of hydrogen-bond acceptors (Lipinski definition) is 3. The number of rotatable bonds is 5. The summed E-state index contributed by atoms with van der Waals surface area (Å²) in [6, 6.07) is 14.8. The summed E-state index contributed by atoms with van der Waals surface area (Å²) in [4.78, 5) is 16.2. The first-order valence-corrected chi connectivity index (χ1v) is 8.64. The lowest BCUT2D eigenvalue weighted by Gasteiger charge is -2.23. The molecule has 0 saturated heterocycles. The van der Waals surface area contributed by atoms with Gasteiger partial charge in [-0.05, 0) is 23.8 Å². The van der Waals surface area contributed by atoms with Crippen molar-refractivity contribution in [2.45, 2.75) is 14.2 Å². The zero-order valence-corrected chi connectivity index (χ0v) is 14.9. The zero-order valence-electron chi connectivity index (χ0n) is 11.8. The second kappa shape index (κ2) is 8.60. The van der Waals surface area contributed by atoms with Gasteiger partial charge >= 0.3 is 0 Å². The number of hydrogen-bond donors (Lipinski definition) is 1. The van der Waals surface area contributed by atoms with Crippen molar-refractivity contribution < 1.29 is 4.79 Å². The Morgan fingerprint density at radius 2 is 1.83 bits per heavy atom. The third-order valence-corrected chi connectivity index (χ3v) is 4.91. The van der Waals surface area contributed by atoms with E-state index < -0.39 is 9.17 Å². The third kappa shape index (κ3) is 6.43. The molecule has 2 aromatic rings. The van der Waals surface area contributed by atoms with Crippen molar-refractivity contribution in [2.24, 2.45) is 0 Å². The molecule has 1 aromatic carbocycles. The molecule has 120 valence electrons. The van der Waals surface area contributed by atoms with Crippen LogP contribution in [0.25, 0.3) is 6.08 Å². The molecule has 1 amide bonds. The fourth-order valence-corrected chi connectivity index (χ4v) is 3.02. The van der Waals surface area contributed by atoms with Crippen LogP contribution in [0.5, 0.6) is 0 Å². The van der Waals surface area contributed by atoms with Crippen LogP contribution in [0.3, 0.4) is 0 Å². The number of aromatic nitrogens is 1. The van der Waals surface area contributed by atoms with Crippen LogP contribution in [0.1, 0.15) is 5.56 Å². The van der Waals surface area contributed by atoms with Crippen molar-refractivity contribution in [1.29, 1.82) is 0 Å². The van der Waals surface area contributed by atoms with Crippen LogP contribution in [-0.2, 0) is 4.79 Å². The van der Waals surface area contributed by atoms with Crippen molar-refractivity contribution in [1.82, 2.24) is 10.3 Å². The molecular weight excluding hydrogens is 375 g/mol. The highest BCUT2D eigenvalue weighted by Crippen LogP contribution is 2.38. The van der Waals surface area contributed by atoms with Gasteiger partial charge in [-0.2, -0.15) is 0 Å². The van der Waals surface area contributed by atoms with Crippen LogP contribution in [-0.4, -0.2) is 20.1 Å². The largest absolute Gasteiger partial charge is 0.336 e. The van der Waals surface area contributed by atoms with E-state index >= 15 is 0 Å². The van der Waals surface area contributed by atoms with Crippen molar-refractivity contribution >= 4 is 58.5 Å². The Balaban J connectivity index is 2.03. The zero-order chi connectivity index (χ0) is 16.7. The molecule has 0 unspecified atom stereocenters. The van der Waals surface area contributed by atoms with Gasteiger partial charge in [0, 0.05) is 12.3 Å². The lowest BCUT2D eigenvalue weighted by molar-refractivity contribution is -0.116. The van der Waals surface area contributed by atoms with Crippen LogP contribution < -0.4 is 5.32 Å². The van der Waals surface area contributed by atoms with Gasteiger partial charge in [-0.3, -0.25) is 4.79 Å². The number of alkyl halides is 3. The predicted octanol–water partition coefficient (Wildman–Crippen LogP) is 4.70. The molecule has 1 atom stereocenters. The molecule has 0 aliphatic rings. The summed E-state index contributed by atoms with van der Waals surface area (Å²) in [7, 11) is 0. The van der Waals surface area contributed by atoms with E-state index in [0.717, 1.165) is 5.56 Å². The predicted molar refractivity (Wildman–Crippen MR) is 97.8 cm³/mol. The smallest absolute Gasteiger partial charge is 0.245 e. The average Bonchev–Trinajstić information content (AvgIpc) is 2.53. The molecule has 2 rings (SSSR count). The minimum Gasteiger partial charge on any atom is -0.336 e. The molecule has 0 fully saturated rings. The van der Waals surface area contributed by atoms with E-state index in [9.17, 15) is 4.79 Å². The van der Waals surface area contributed by atoms with Gasteiger partial charge in [0.05, 0.1) is 5.03 Å². The Labute approximate surface area is 154 Å². The maximum absolute atomic E-state index is 12.1. The Kier molecular flexibility index (Phi) is 6.78. The van der Waals surface area contributed by atoms with Crippen LogP contribution >= 0.6 is 46.6 Å². The molecule has 1 heterocycles. The van der Waals surface area contributed by atoms with Gasteiger partial charge in [0.1, 0.15) is 5.37 Å². The van der Waals surface area contributed by atoms with E-state index in [-0.39, 0.29) is 5.91 Å². The minimum atomic E-state index is -1.67. The second-order valence-electron chi connectivity index (χ2n) is 4.46. The average molecular weight is 388 g/mol. The Bertz CT molecular complexity index is 660. The van der Waals surface area contributed by atoms with Gasteiger partial charge < -0.3 is 5.32 Å². The second-order valence-corrected chi connectivity index (χ2v) is 7.95. The van der Waals surface area contributed by atoms with Crippen LogP contribution in [0.15, 0.2) is 65.8 Å². The number of nitrogens with one attached hydrogen (secondary N) is 1. The maximum Gasteiger partial charge on any atom is 0.245 e. The molecule has 0 saturated carbocycles. The Morgan fingerprint density at radius 3 is 2.43 bits per heavy atom. The molecule has 3 nitrogen and oxygen atoms in total. The molecule has 23 heavy (non-hydrogen) atoms. The van der Waals surface area contributed by atoms with E-state index in [2.05, 4.69) is 10.3 Å². The first-order valence-electron chi connectivity index (χ1n) is 6.63. The topological polar surface area (TPSA) is 42.0 Å². The molecular formula is C16H13Cl3N2OS. The SMILES string of the molecule is O=C(/C=C/c1ccccc1)N[C@@H](Sc1ccccn1)C(Cl)(Cl)Cl. The summed E-state index contributed by atoms with van der Waals surface area (Å²) >= 11 is 19.0. The number of halogens is 3. The fraction of sp³-hybridized carbons (Fsp3) is 0.125. The fourth-order valence-electron chi connectivity index (χ4n) is 1.63. The lowest BCUT2D eigenvalue weighted by atomic mass is 10.2. The molecule has 1 N–H and O–H groups in total. The van der Waals surface area contributed by atoms with Crippen LogP contribution in [0.4, 0.5) is 0 Å². The summed E-state index contributed by atoms with van der Waals surface area (Å²) in [5, 5.41) is 2.56. The van der Waals surface area contributed by atoms with Gasteiger partial charge in [-0.15, -0.1) is 0 Å². The third-order valence-electron chi connectivity index (χ3n) is 2.67. The molecule has 0 radical (unpaired) electrons. The minimum absolute atomic E-state index is 0.353. The highest BCUT2D eigenvalue weighted by Gasteiger charge is 2.34. The Morgan fingerprint density at radius 1 is 1.13 bits per heavy atom. The van der Waals surface area contributed by atoms with Gasteiger partial charge in [-0.25, -0.2) is 4.98 Å². The maximum atomic E-state index is 12.1. The summed E-state index contributed by atoms with van der Waals surface area (Å²) in [5.41, 5.74) is 0.908. The first-order chi connectivity index (χ1) is 10.9. The van der Waals surface area contributed by atoms with Gasteiger partial charge in [0.2, 0.25) is 9.70 Å². The quantitative estimate of drug-likeness (QED) is 0.350. The van der Waals surface area contributed by atoms with E-state index in [0.29, 0.717) is 5.03 Å². The number of amides is 1. The lowest BCUT2D eigenvalue weighted by Crippen LogP contribution is -2.40. The standard InChI is InChI=1S/C16H13Cl3N2OS/c17-16(18,19)15(23-14-8-4-5-11-20-14)21-13(22)10-9-12-6-2-1-3-7-12/h1-11,15H,(H,21,22)/b10-9+/t15-/m0/s1. The van der Waals surface area contributed by atoms with Crippen molar-refractivity contribution in [3.63, 3.8) is 0 Å². The molecule has 0 aliphatic carbocycles. The number of pyridine rings is 1. The highest BCUT2D eigenvalue weighted by atomic mass is 35.6. The van der Waals surface area contributed by atoms with E-state index in [1.165, 1.54) is 17.8 Å². The van der Waals surface area contributed by atoms with Crippen molar-refractivity contribution in [3.05, 3.63) is 66.4 Å². The van der Waals surface area contributed by atoms with E-state index in [1.54, 1.807) is 24.4 Å². The molecule has 1 aromatic heterocycles. The molecule has 7 heteroatoms. The molecule has 0 bridgehead atoms. The first kappa shape index (κ1) is 18.1. The van der Waals surface area contributed by atoms with Crippen molar-refractivity contribution in [2.75, 3.05) is 0 Å². The van der Waals surface area contributed by atoms with E-state index in [1.807, 2.05) is 36.4 Å². The summed E-state index contributed by atoms with van der Waals surface area (Å²) in [5.74, 6) is -0.353. The van der Waals surface area contributed by atoms with Crippen LogP contribution in [0, 0.1) is 0 Å². The Hall–Kier alpha value is -1.20. The summed E-state index contributed by atoms with van der Waals surface area (Å²) < 4.78 is -1.67. The molecule has 0 aliphatic heterocycles. The van der Waals surface area contributed by atoms with E-state index in [4.69, 9.17) is 34.8 Å². The monoisotopic (exact) mass is 386 g/mol. The number of nitrogens with zero attached hydrogens (tertiary/aromatic N) is 1. The summed E-state index contributed by atoms with van der Waals surface area (Å²) in [6.07, 6.45) is 4.73. The molecule has 0 spiro atoms.